The van der Waals surface area contributed by atoms with Gasteiger partial charge in [-0.1, -0.05) is 0 Å². The van der Waals surface area contributed by atoms with Gasteiger partial charge in [0, 0.05) is 19.4 Å². The summed E-state index contributed by atoms with van der Waals surface area (Å²) in [4.78, 5) is 22.1. The number of carbonyl (C=O) groups excluding carboxylic acids is 2. The normalized spacial score (nSPS) is 10.4. The van der Waals surface area contributed by atoms with Crippen molar-refractivity contribution in [1.29, 1.82) is 0 Å². The minimum absolute atomic E-state index is 0. The molecule has 0 aliphatic rings. The molecule has 0 heterocycles. The molecule has 0 aromatic carbocycles. The van der Waals surface area contributed by atoms with Crippen LogP contribution >= 0.6 is 12.4 Å². The van der Waals surface area contributed by atoms with E-state index in [9.17, 15) is 18.4 Å². The molecule has 0 unspecified atom stereocenters. The summed E-state index contributed by atoms with van der Waals surface area (Å²) in [6.07, 6.45) is 0.609. The monoisotopic (exact) mass is 287 g/mol. The van der Waals surface area contributed by atoms with Crippen LogP contribution in [0.15, 0.2) is 0 Å². The molecule has 0 saturated carbocycles. The summed E-state index contributed by atoms with van der Waals surface area (Å²) in [6.45, 7) is 0.767. The number of halogens is 3. The number of hydrogen-bond donors (Lipinski definition) is 3. The lowest BCUT2D eigenvalue weighted by atomic mass is 10.2. The Morgan fingerprint density at radius 3 is 2.11 bits per heavy atom. The van der Waals surface area contributed by atoms with Crippen LogP contribution in [0.4, 0.5) is 8.78 Å². The molecule has 4 N–H and O–H groups in total. The average molecular weight is 288 g/mol. The third kappa shape index (κ3) is 10.2. The van der Waals surface area contributed by atoms with Gasteiger partial charge in [-0.2, -0.15) is 0 Å². The van der Waals surface area contributed by atoms with Gasteiger partial charge in [0.25, 0.3) is 5.92 Å². The van der Waals surface area contributed by atoms with Crippen molar-refractivity contribution >= 4 is 24.2 Å². The summed E-state index contributed by atoms with van der Waals surface area (Å²) >= 11 is 0. The van der Waals surface area contributed by atoms with Gasteiger partial charge in [0.05, 0.1) is 13.1 Å². The van der Waals surface area contributed by atoms with Gasteiger partial charge in [0.15, 0.2) is 0 Å². The fourth-order valence-corrected chi connectivity index (χ4v) is 1.08. The van der Waals surface area contributed by atoms with Crippen molar-refractivity contribution in [3.8, 4) is 0 Å². The van der Waals surface area contributed by atoms with E-state index in [2.05, 4.69) is 10.6 Å². The maximum atomic E-state index is 12.7. The van der Waals surface area contributed by atoms with E-state index in [1.165, 1.54) is 0 Å². The van der Waals surface area contributed by atoms with Crippen molar-refractivity contribution in [2.24, 2.45) is 5.73 Å². The van der Waals surface area contributed by atoms with Crippen molar-refractivity contribution < 1.29 is 18.4 Å². The van der Waals surface area contributed by atoms with E-state index in [0.717, 1.165) is 0 Å². The zero-order valence-electron chi connectivity index (χ0n) is 10.3. The largest absolute Gasteiger partial charge is 0.356 e. The van der Waals surface area contributed by atoms with Crippen LogP contribution in [0.25, 0.3) is 0 Å². The summed E-state index contributed by atoms with van der Waals surface area (Å²) in [5, 5.41) is 4.66. The Morgan fingerprint density at radius 2 is 1.67 bits per heavy atom. The number of rotatable bonds is 8. The van der Waals surface area contributed by atoms with Crippen molar-refractivity contribution in [2.75, 3.05) is 19.6 Å². The second-order valence-corrected chi connectivity index (χ2v) is 3.64. The molecule has 2 amide bonds. The number of carbonyl (C=O) groups is 2. The van der Waals surface area contributed by atoms with Crippen LogP contribution in [0.2, 0.25) is 0 Å². The van der Waals surface area contributed by atoms with E-state index in [0.29, 0.717) is 13.0 Å². The predicted molar refractivity (Wildman–Crippen MR) is 66.8 cm³/mol. The average Bonchev–Trinajstić information content (AvgIpc) is 2.27. The van der Waals surface area contributed by atoms with Crippen LogP contribution in [0.3, 0.4) is 0 Å². The lowest BCUT2D eigenvalue weighted by Crippen LogP contribution is -2.41. The summed E-state index contributed by atoms with van der Waals surface area (Å²) < 4.78 is 25.3. The quantitative estimate of drug-likeness (QED) is 0.605. The summed E-state index contributed by atoms with van der Waals surface area (Å²) in [5.74, 6) is -3.72. The smallest absolute Gasteiger partial charge is 0.277 e. The highest BCUT2D eigenvalue weighted by Crippen LogP contribution is 2.08. The van der Waals surface area contributed by atoms with E-state index in [1.807, 2.05) is 0 Å². The van der Waals surface area contributed by atoms with E-state index in [1.54, 1.807) is 6.92 Å². The van der Waals surface area contributed by atoms with Gasteiger partial charge in [-0.15, -0.1) is 12.4 Å². The molecule has 0 atom stereocenters. The van der Waals surface area contributed by atoms with Crippen molar-refractivity contribution in [3.63, 3.8) is 0 Å². The third-order valence-electron chi connectivity index (χ3n) is 2.02. The minimum Gasteiger partial charge on any atom is -0.356 e. The Hall–Kier alpha value is -0.950. The molecule has 108 valence electrons. The molecule has 8 heteroatoms. The van der Waals surface area contributed by atoms with Crippen molar-refractivity contribution in [1.82, 2.24) is 10.6 Å². The Balaban J connectivity index is 0. The number of alkyl halides is 2. The van der Waals surface area contributed by atoms with Gasteiger partial charge in [-0.3, -0.25) is 9.59 Å². The molecule has 0 aromatic rings. The lowest BCUT2D eigenvalue weighted by molar-refractivity contribution is -0.123. The van der Waals surface area contributed by atoms with Gasteiger partial charge in [-0.25, -0.2) is 8.78 Å². The van der Waals surface area contributed by atoms with E-state index < -0.39 is 24.9 Å². The Labute approximate surface area is 111 Å². The highest BCUT2D eigenvalue weighted by Gasteiger charge is 2.26. The molecule has 0 aliphatic carbocycles. The molecular weight excluding hydrogens is 268 g/mol. The van der Waals surface area contributed by atoms with Crippen LogP contribution in [0, 0.1) is 0 Å². The Kier molecular flexibility index (Phi) is 10.8. The molecule has 0 fully saturated rings. The first-order chi connectivity index (χ1) is 7.91. The summed E-state index contributed by atoms with van der Waals surface area (Å²) in [6, 6.07) is 0. The zero-order valence-corrected chi connectivity index (χ0v) is 11.1. The van der Waals surface area contributed by atoms with Gasteiger partial charge in [0.2, 0.25) is 11.8 Å². The van der Waals surface area contributed by atoms with Crippen LogP contribution in [-0.2, 0) is 9.59 Å². The van der Waals surface area contributed by atoms with Crippen LogP contribution in [0.5, 0.6) is 0 Å². The molecule has 0 spiro atoms. The molecule has 18 heavy (non-hydrogen) atoms. The first-order valence-corrected chi connectivity index (χ1v) is 5.52. The third-order valence-corrected chi connectivity index (χ3v) is 2.02. The fourth-order valence-electron chi connectivity index (χ4n) is 1.08. The first-order valence-electron chi connectivity index (χ1n) is 5.52. The van der Waals surface area contributed by atoms with Crippen LogP contribution in [0.1, 0.15) is 26.2 Å². The van der Waals surface area contributed by atoms with E-state index in [4.69, 9.17) is 5.73 Å². The molecule has 0 aliphatic heterocycles. The Bertz CT molecular complexity index is 266. The molecule has 0 bridgehead atoms. The summed E-state index contributed by atoms with van der Waals surface area (Å²) in [7, 11) is 0. The molecule has 0 saturated heterocycles. The van der Waals surface area contributed by atoms with E-state index in [-0.39, 0.29) is 31.2 Å². The number of hydrogen-bond acceptors (Lipinski definition) is 3. The molecule has 5 nitrogen and oxygen atoms in total. The van der Waals surface area contributed by atoms with Gasteiger partial charge in [0.1, 0.15) is 0 Å². The minimum atomic E-state index is -3.07. The standard InChI is InChI=1S/C10H19F2N3O2.ClH/c1-2-14-8(16)4-3-5-9(17)15-7-10(11,12)6-13;/h2-7,13H2,1H3,(H,14,16)(H,15,17);1H. The SMILES string of the molecule is CCNC(=O)CCCC(=O)NCC(F)(F)CN.Cl. The van der Waals surface area contributed by atoms with E-state index >= 15 is 0 Å². The van der Waals surface area contributed by atoms with Crippen LogP contribution < -0.4 is 16.4 Å². The fraction of sp³-hybridized carbons (Fsp3) is 0.800. The Morgan fingerprint density at radius 1 is 1.17 bits per heavy atom. The number of nitrogens with two attached hydrogens (primary N) is 1. The van der Waals surface area contributed by atoms with Gasteiger partial charge < -0.3 is 16.4 Å². The number of amides is 2. The molecule has 0 rings (SSSR count). The highest BCUT2D eigenvalue weighted by atomic mass is 35.5. The molecule has 0 aromatic heterocycles. The lowest BCUT2D eigenvalue weighted by Gasteiger charge is -2.14. The second-order valence-electron chi connectivity index (χ2n) is 3.64. The molecular formula is C10H20ClF2N3O2. The topological polar surface area (TPSA) is 84.2 Å². The first kappa shape index (κ1) is 19.4. The number of nitrogens with one attached hydrogen (secondary N) is 2. The van der Waals surface area contributed by atoms with Crippen LogP contribution in [-0.4, -0.2) is 37.4 Å². The highest BCUT2D eigenvalue weighted by molar-refractivity contribution is 5.85. The summed E-state index contributed by atoms with van der Waals surface area (Å²) in [5.41, 5.74) is 4.81. The predicted octanol–water partition coefficient (Wildman–Crippen LogP) is 0.425. The van der Waals surface area contributed by atoms with Crippen molar-refractivity contribution in [2.45, 2.75) is 32.1 Å². The maximum Gasteiger partial charge on any atom is 0.277 e. The van der Waals surface area contributed by atoms with Crippen molar-refractivity contribution in [3.05, 3.63) is 0 Å². The zero-order chi connectivity index (χ0) is 13.3. The van der Waals surface area contributed by atoms with Gasteiger partial charge in [-0.05, 0) is 13.3 Å². The second kappa shape index (κ2) is 10.0. The molecule has 0 radical (unpaired) electrons. The maximum absolute atomic E-state index is 12.7. The van der Waals surface area contributed by atoms with Gasteiger partial charge >= 0.3 is 0 Å².